The average molecular weight is 365 g/mol. The van der Waals surface area contributed by atoms with Gasteiger partial charge in [-0.3, -0.25) is 14.7 Å². The summed E-state index contributed by atoms with van der Waals surface area (Å²) in [6, 6.07) is 7.52. The summed E-state index contributed by atoms with van der Waals surface area (Å²) in [5.74, 6) is 1.28. The van der Waals surface area contributed by atoms with Crippen LogP contribution >= 0.6 is 0 Å². The molecular formula is C19H19N5O3. The highest BCUT2D eigenvalue weighted by atomic mass is 16.5. The molecule has 0 atom stereocenters. The molecule has 3 aromatic rings. The van der Waals surface area contributed by atoms with Gasteiger partial charge in [-0.25, -0.2) is 4.98 Å². The Hall–Kier alpha value is -3.42. The van der Waals surface area contributed by atoms with E-state index in [2.05, 4.69) is 25.5 Å². The van der Waals surface area contributed by atoms with Gasteiger partial charge < -0.3 is 15.0 Å². The Balaban J connectivity index is 1.47. The smallest absolute Gasteiger partial charge is 0.263 e. The monoisotopic (exact) mass is 365 g/mol. The summed E-state index contributed by atoms with van der Waals surface area (Å²) in [5, 5.41) is 9.75. The third-order valence-electron chi connectivity index (χ3n) is 4.56. The third-order valence-corrected chi connectivity index (χ3v) is 4.56. The van der Waals surface area contributed by atoms with Gasteiger partial charge in [0.1, 0.15) is 17.1 Å². The van der Waals surface area contributed by atoms with Gasteiger partial charge in [-0.2, -0.15) is 5.10 Å². The number of amides is 1. The van der Waals surface area contributed by atoms with Gasteiger partial charge in [-0.15, -0.1) is 0 Å². The van der Waals surface area contributed by atoms with Gasteiger partial charge in [-0.1, -0.05) is 0 Å². The summed E-state index contributed by atoms with van der Waals surface area (Å²) in [6.07, 6.45) is 5.06. The van der Waals surface area contributed by atoms with Crippen LogP contribution in [-0.2, 0) is 6.54 Å². The summed E-state index contributed by atoms with van der Waals surface area (Å²) in [4.78, 5) is 31.4. The molecule has 8 nitrogen and oxygen atoms in total. The fourth-order valence-corrected chi connectivity index (χ4v) is 2.86. The lowest BCUT2D eigenvalue weighted by Gasteiger charge is -2.07. The van der Waals surface area contributed by atoms with E-state index in [0.717, 1.165) is 35.4 Å². The molecule has 1 saturated carbocycles. The van der Waals surface area contributed by atoms with Crippen molar-refractivity contribution in [3.05, 3.63) is 64.0 Å². The summed E-state index contributed by atoms with van der Waals surface area (Å²) < 4.78 is 5.16. The van der Waals surface area contributed by atoms with Crippen molar-refractivity contribution >= 4 is 5.91 Å². The zero-order valence-corrected chi connectivity index (χ0v) is 14.8. The number of nitrogens with zero attached hydrogens (tertiary/aromatic N) is 2. The van der Waals surface area contributed by atoms with E-state index in [9.17, 15) is 9.59 Å². The minimum absolute atomic E-state index is 0.00823. The predicted molar refractivity (Wildman–Crippen MR) is 98.6 cm³/mol. The van der Waals surface area contributed by atoms with Crippen LogP contribution in [0.25, 0.3) is 11.3 Å². The maximum absolute atomic E-state index is 12.4. The van der Waals surface area contributed by atoms with Crippen LogP contribution in [0.4, 0.5) is 0 Å². The maximum Gasteiger partial charge on any atom is 0.263 e. The number of rotatable bonds is 6. The van der Waals surface area contributed by atoms with Crippen molar-refractivity contribution in [2.75, 3.05) is 7.11 Å². The second-order valence-corrected chi connectivity index (χ2v) is 6.47. The van der Waals surface area contributed by atoms with Crippen LogP contribution in [0.5, 0.6) is 5.75 Å². The molecule has 8 heteroatoms. The van der Waals surface area contributed by atoms with Crippen LogP contribution in [-0.4, -0.2) is 33.2 Å². The summed E-state index contributed by atoms with van der Waals surface area (Å²) in [5.41, 5.74) is 2.13. The lowest BCUT2D eigenvalue weighted by molar-refractivity contribution is 0.0949. The second kappa shape index (κ2) is 7.06. The van der Waals surface area contributed by atoms with E-state index < -0.39 is 11.5 Å². The number of aromatic nitrogens is 4. The molecular weight excluding hydrogens is 346 g/mol. The fourth-order valence-electron chi connectivity index (χ4n) is 2.86. The fraction of sp³-hybridized carbons (Fsp3) is 0.263. The molecule has 2 heterocycles. The highest BCUT2D eigenvalue weighted by molar-refractivity contribution is 5.93. The molecule has 0 radical (unpaired) electrons. The van der Waals surface area contributed by atoms with Crippen molar-refractivity contribution < 1.29 is 9.53 Å². The van der Waals surface area contributed by atoms with Gasteiger partial charge in [0.25, 0.3) is 11.5 Å². The number of carbonyl (C=O) groups is 1. The lowest BCUT2D eigenvalue weighted by atomic mass is 10.1. The number of nitrogens with one attached hydrogen (secondary N) is 3. The number of carbonyl (C=O) groups excluding carboxylic acids is 1. The Kier molecular flexibility index (Phi) is 4.45. The van der Waals surface area contributed by atoms with E-state index >= 15 is 0 Å². The summed E-state index contributed by atoms with van der Waals surface area (Å²) in [6.45, 7) is 0.237. The van der Waals surface area contributed by atoms with E-state index in [-0.39, 0.29) is 12.1 Å². The molecule has 0 spiro atoms. The minimum atomic E-state index is -0.465. The number of methoxy groups -OCH3 is 1. The zero-order chi connectivity index (χ0) is 18.8. The SMILES string of the molecule is COc1ccc(-c2[nH]ncc2CNC(=O)c2cnc(C3CC3)[nH]c2=O)cc1. The van der Waals surface area contributed by atoms with E-state index in [0.29, 0.717) is 11.7 Å². The van der Waals surface area contributed by atoms with Crippen molar-refractivity contribution in [1.82, 2.24) is 25.5 Å². The molecule has 0 bridgehead atoms. The van der Waals surface area contributed by atoms with E-state index in [1.807, 2.05) is 24.3 Å². The van der Waals surface area contributed by atoms with Crippen LogP contribution in [0, 0.1) is 0 Å². The van der Waals surface area contributed by atoms with Crippen LogP contribution in [0.1, 0.15) is 40.5 Å². The molecule has 1 aliphatic carbocycles. The van der Waals surface area contributed by atoms with Crippen molar-refractivity contribution in [3.8, 4) is 17.0 Å². The van der Waals surface area contributed by atoms with Gasteiger partial charge in [0.05, 0.1) is 19.0 Å². The first-order valence-corrected chi connectivity index (χ1v) is 8.70. The van der Waals surface area contributed by atoms with Crippen LogP contribution in [0.2, 0.25) is 0 Å². The average Bonchev–Trinajstić information content (AvgIpc) is 3.44. The minimum Gasteiger partial charge on any atom is -0.497 e. The number of ether oxygens (including phenoxy) is 1. The number of hydrogen-bond donors (Lipinski definition) is 3. The van der Waals surface area contributed by atoms with Crippen molar-refractivity contribution in [3.63, 3.8) is 0 Å². The van der Waals surface area contributed by atoms with E-state index in [1.165, 1.54) is 6.20 Å². The molecule has 4 rings (SSSR count). The molecule has 1 fully saturated rings. The predicted octanol–water partition coefficient (Wildman–Crippen LogP) is 1.98. The first kappa shape index (κ1) is 17.0. The standard InChI is InChI=1S/C19H19N5O3/c1-27-14-6-4-11(5-7-14)16-13(9-22-24-16)8-21-18(25)15-10-20-17(12-2-3-12)23-19(15)26/h4-7,9-10,12H,2-3,8H2,1H3,(H,21,25)(H,22,24)(H,20,23,26). The zero-order valence-electron chi connectivity index (χ0n) is 14.8. The van der Waals surface area contributed by atoms with Crippen molar-refractivity contribution in [1.29, 1.82) is 0 Å². The molecule has 0 aliphatic heterocycles. The Bertz CT molecular complexity index is 1020. The molecule has 27 heavy (non-hydrogen) atoms. The second-order valence-electron chi connectivity index (χ2n) is 6.47. The van der Waals surface area contributed by atoms with Crippen molar-refractivity contribution in [2.45, 2.75) is 25.3 Å². The largest absolute Gasteiger partial charge is 0.497 e. The van der Waals surface area contributed by atoms with Gasteiger partial charge in [0.2, 0.25) is 0 Å². The Labute approximate surface area is 155 Å². The Morgan fingerprint density at radius 1 is 1.26 bits per heavy atom. The number of aromatic amines is 2. The van der Waals surface area contributed by atoms with Crippen LogP contribution < -0.4 is 15.6 Å². The van der Waals surface area contributed by atoms with Gasteiger partial charge >= 0.3 is 0 Å². The van der Waals surface area contributed by atoms with Gasteiger partial charge in [0, 0.05) is 29.8 Å². The molecule has 0 unspecified atom stereocenters. The van der Waals surface area contributed by atoms with E-state index in [4.69, 9.17) is 4.74 Å². The normalized spacial score (nSPS) is 13.4. The summed E-state index contributed by atoms with van der Waals surface area (Å²) in [7, 11) is 1.61. The molecule has 138 valence electrons. The molecule has 0 saturated heterocycles. The Morgan fingerprint density at radius 2 is 2.04 bits per heavy atom. The molecule has 1 aliphatic rings. The number of benzene rings is 1. The molecule has 1 amide bonds. The molecule has 2 aromatic heterocycles. The maximum atomic E-state index is 12.4. The lowest BCUT2D eigenvalue weighted by Crippen LogP contribution is -2.30. The highest BCUT2D eigenvalue weighted by Gasteiger charge is 2.26. The summed E-state index contributed by atoms with van der Waals surface area (Å²) >= 11 is 0. The number of hydrogen-bond acceptors (Lipinski definition) is 5. The van der Waals surface area contributed by atoms with Crippen molar-refractivity contribution in [2.24, 2.45) is 0 Å². The van der Waals surface area contributed by atoms with Gasteiger partial charge in [-0.05, 0) is 37.1 Å². The molecule has 1 aromatic carbocycles. The quantitative estimate of drug-likeness (QED) is 0.618. The van der Waals surface area contributed by atoms with E-state index in [1.54, 1.807) is 13.3 Å². The topological polar surface area (TPSA) is 113 Å². The van der Waals surface area contributed by atoms with Gasteiger partial charge in [0.15, 0.2) is 0 Å². The Morgan fingerprint density at radius 3 is 2.70 bits per heavy atom. The first-order chi connectivity index (χ1) is 13.2. The molecule has 3 N–H and O–H groups in total. The third kappa shape index (κ3) is 3.59. The first-order valence-electron chi connectivity index (χ1n) is 8.70. The highest BCUT2D eigenvalue weighted by Crippen LogP contribution is 2.37. The van der Waals surface area contributed by atoms with Crippen LogP contribution in [0.15, 0.2) is 41.5 Å². The number of H-pyrrole nitrogens is 2. The van der Waals surface area contributed by atoms with Crippen LogP contribution in [0.3, 0.4) is 0 Å².